The van der Waals surface area contributed by atoms with Crippen molar-refractivity contribution < 1.29 is 4.74 Å². The summed E-state index contributed by atoms with van der Waals surface area (Å²) in [6.07, 6.45) is 0. The second-order valence-electron chi connectivity index (χ2n) is 5.30. The molecule has 0 spiro atoms. The number of ether oxygens (including phenoxy) is 1. The lowest BCUT2D eigenvalue weighted by Crippen LogP contribution is -1.96. The molecule has 0 fully saturated rings. The summed E-state index contributed by atoms with van der Waals surface area (Å²) in [7, 11) is 0. The summed E-state index contributed by atoms with van der Waals surface area (Å²) in [6, 6.07) is 12.9. The molecule has 19 heavy (non-hydrogen) atoms. The van der Waals surface area contributed by atoms with E-state index in [2.05, 4.69) is 50.2 Å². The molecule has 2 aromatic rings. The zero-order chi connectivity index (χ0) is 13.4. The zero-order valence-electron chi connectivity index (χ0n) is 11.2. The molecule has 1 unspecified atom stereocenters. The van der Waals surface area contributed by atoms with Gasteiger partial charge in [0.05, 0.1) is 18.6 Å². The smallest absolute Gasteiger partial charge is 0.0835 e. The van der Waals surface area contributed by atoms with Gasteiger partial charge in [0, 0.05) is 0 Å². The van der Waals surface area contributed by atoms with Gasteiger partial charge in [0.25, 0.3) is 0 Å². The van der Waals surface area contributed by atoms with Crippen LogP contribution in [0.15, 0.2) is 36.4 Å². The van der Waals surface area contributed by atoms with Crippen LogP contribution in [0.1, 0.15) is 38.8 Å². The minimum atomic E-state index is -0.0931. The maximum Gasteiger partial charge on any atom is 0.0835 e. The van der Waals surface area contributed by atoms with Crippen LogP contribution >= 0.6 is 11.6 Å². The highest BCUT2D eigenvalue weighted by molar-refractivity contribution is 6.22. The Balaban J connectivity index is 1.97. The van der Waals surface area contributed by atoms with E-state index in [0.717, 1.165) is 17.7 Å². The number of benzene rings is 2. The van der Waals surface area contributed by atoms with E-state index in [1.165, 1.54) is 22.3 Å². The third-order valence-electron chi connectivity index (χ3n) is 3.57. The first-order valence-corrected chi connectivity index (χ1v) is 6.99. The molecule has 1 heterocycles. The average Bonchev–Trinajstić information content (AvgIpc) is 2.83. The third kappa shape index (κ3) is 2.54. The minimum Gasteiger partial charge on any atom is -0.372 e. The lowest BCUT2D eigenvalue weighted by atomic mass is 9.98. The van der Waals surface area contributed by atoms with Crippen LogP contribution in [0, 0.1) is 13.8 Å². The Morgan fingerprint density at radius 1 is 0.895 bits per heavy atom. The zero-order valence-corrected chi connectivity index (χ0v) is 12.0. The third-order valence-corrected chi connectivity index (χ3v) is 4.08. The van der Waals surface area contributed by atoms with Gasteiger partial charge in [-0.3, -0.25) is 0 Å². The maximum absolute atomic E-state index is 6.64. The van der Waals surface area contributed by atoms with Crippen LogP contribution < -0.4 is 0 Å². The molecule has 0 aromatic heterocycles. The predicted octanol–water partition coefficient (Wildman–Crippen LogP) is 4.66. The van der Waals surface area contributed by atoms with Crippen molar-refractivity contribution in [1.82, 2.24) is 0 Å². The minimum absolute atomic E-state index is 0.0931. The topological polar surface area (TPSA) is 9.23 Å². The molecule has 0 saturated carbocycles. The van der Waals surface area contributed by atoms with Crippen molar-refractivity contribution in [2.24, 2.45) is 0 Å². The number of hydrogen-bond donors (Lipinski definition) is 0. The molecule has 0 bridgehead atoms. The Morgan fingerprint density at radius 3 is 2.32 bits per heavy atom. The molecule has 0 N–H and O–H groups in total. The van der Waals surface area contributed by atoms with Crippen molar-refractivity contribution in [3.05, 3.63) is 69.8 Å². The highest BCUT2D eigenvalue weighted by Crippen LogP contribution is 2.32. The Bertz CT molecular complexity index is 598. The van der Waals surface area contributed by atoms with E-state index < -0.39 is 0 Å². The van der Waals surface area contributed by atoms with E-state index in [1.807, 2.05) is 0 Å². The molecular formula is C17H17ClO. The lowest BCUT2D eigenvalue weighted by molar-refractivity contribution is 0.134. The SMILES string of the molecule is Cc1cc(C)cc(C(Cl)c2ccc3c(c2)COC3)c1. The summed E-state index contributed by atoms with van der Waals surface area (Å²) in [5, 5.41) is -0.0931. The summed E-state index contributed by atoms with van der Waals surface area (Å²) < 4.78 is 5.45. The van der Waals surface area contributed by atoms with Gasteiger partial charge in [-0.15, -0.1) is 11.6 Å². The summed E-state index contributed by atoms with van der Waals surface area (Å²) >= 11 is 6.64. The number of alkyl halides is 1. The normalized spacial score (nSPS) is 15.3. The molecule has 0 saturated heterocycles. The molecule has 1 aliphatic rings. The van der Waals surface area contributed by atoms with E-state index in [4.69, 9.17) is 16.3 Å². The van der Waals surface area contributed by atoms with E-state index in [9.17, 15) is 0 Å². The first-order chi connectivity index (χ1) is 9.13. The molecule has 0 radical (unpaired) electrons. The van der Waals surface area contributed by atoms with Crippen LogP contribution in [0.4, 0.5) is 0 Å². The molecule has 98 valence electrons. The largest absolute Gasteiger partial charge is 0.372 e. The van der Waals surface area contributed by atoms with Crippen LogP contribution in [0.25, 0.3) is 0 Å². The van der Waals surface area contributed by atoms with Crippen molar-refractivity contribution in [1.29, 1.82) is 0 Å². The van der Waals surface area contributed by atoms with Crippen molar-refractivity contribution in [2.45, 2.75) is 32.4 Å². The van der Waals surface area contributed by atoms with E-state index in [1.54, 1.807) is 0 Å². The number of hydrogen-bond acceptors (Lipinski definition) is 1. The summed E-state index contributed by atoms with van der Waals surface area (Å²) in [4.78, 5) is 0. The summed E-state index contributed by atoms with van der Waals surface area (Å²) in [5.74, 6) is 0. The van der Waals surface area contributed by atoms with Crippen molar-refractivity contribution in [3.8, 4) is 0 Å². The Hall–Kier alpha value is -1.31. The van der Waals surface area contributed by atoms with Gasteiger partial charge < -0.3 is 4.74 Å². The molecule has 1 nitrogen and oxygen atoms in total. The van der Waals surface area contributed by atoms with Crippen LogP contribution in [0.5, 0.6) is 0 Å². The fourth-order valence-electron chi connectivity index (χ4n) is 2.70. The lowest BCUT2D eigenvalue weighted by Gasteiger charge is -2.13. The van der Waals surface area contributed by atoms with E-state index in [0.29, 0.717) is 6.61 Å². The van der Waals surface area contributed by atoms with Gasteiger partial charge in [0.2, 0.25) is 0 Å². The van der Waals surface area contributed by atoms with E-state index >= 15 is 0 Å². The standard InChI is InChI=1S/C17H17ClO/c1-11-5-12(2)7-15(6-11)17(18)13-3-4-14-9-19-10-16(14)8-13/h3-8,17H,9-10H2,1-2H3. The number of aryl methyl sites for hydroxylation is 2. The molecule has 1 aliphatic heterocycles. The van der Waals surface area contributed by atoms with Crippen LogP contribution in [0.3, 0.4) is 0 Å². The van der Waals surface area contributed by atoms with Crippen LogP contribution in [-0.4, -0.2) is 0 Å². The monoisotopic (exact) mass is 272 g/mol. The molecule has 0 amide bonds. The Kier molecular flexibility index (Phi) is 3.34. The number of fused-ring (bicyclic) bond motifs is 1. The predicted molar refractivity (Wildman–Crippen MR) is 78.5 cm³/mol. The fourth-order valence-corrected chi connectivity index (χ4v) is 2.96. The van der Waals surface area contributed by atoms with Crippen molar-refractivity contribution in [2.75, 3.05) is 0 Å². The van der Waals surface area contributed by atoms with Gasteiger partial charge in [0.15, 0.2) is 0 Å². The molecule has 1 atom stereocenters. The maximum atomic E-state index is 6.64. The quantitative estimate of drug-likeness (QED) is 0.723. The highest BCUT2D eigenvalue weighted by atomic mass is 35.5. The summed E-state index contributed by atoms with van der Waals surface area (Å²) in [6.45, 7) is 5.65. The van der Waals surface area contributed by atoms with Gasteiger partial charge >= 0.3 is 0 Å². The molecule has 2 heteroatoms. The van der Waals surface area contributed by atoms with Gasteiger partial charge in [0.1, 0.15) is 0 Å². The number of rotatable bonds is 2. The second kappa shape index (κ2) is 4.99. The van der Waals surface area contributed by atoms with Crippen LogP contribution in [-0.2, 0) is 18.0 Å². The van der Waals surface area contributed by atoms with Crippen LogP contribution in [0.2, 0.25) is 0 Å². The fraction of sp³-hybridized carbons (Fsp3) is 0.294. The second-order valence-corrected chi connectivity index (χ2v) is 5.74. The number of halogens is 1. The van der Waals surface area contributed by atoms with Gasteiger partial charge in [-0.1, -0.05) is 47.5 Å². The molecular weight excluding hydrogens is 256 g/mol. The molecule has 3 rings (SSSR count). The van der Waals surface area contributed by atoms with E-state index in [-0.39, 0.29) is 5.38 Å². The van der Waals surface area contributed by atoms with Crippen molar-refractivity contribution >= 4 is 11.6 Å². The Morgan fingerprint density at radius 2 is 1.58 bits per heavy atom. The van der Waals surface area contributed by atoms with Gasteiger partial charge in [-0.05, 0) is 36.1 Å². The van der Waals surface area contributed by atoms with Gasteiger partial charge in [-0.2, -0.15) is 0 Å². The Labute approximate surface area is 119 Å². The average molecular weight is 273 g/mol. The van der Waals surface area contributed by atoms with Crippen molar-refractivity contribution in [3.63, 3.8) is 0 Å². The first-order valence-electron chi connectivity index (χ1n) is 6.55. The highest BCUT2D eigenvalue weighted by Gasteiger charge is 2.16. The summed E-state index contributed by atoms with van der Waals surface area (Å²) in [5.41, 5.74) is 7.38. The molecule has 2 aromatic carbocycles. The molecule has 0 aliphatic carbocycles. The first kappa shape index (κ1) is 12.7. The van der Waals surface area contributed by atoms with Gasteiger partial charge in [-0.25, -0.2) is 0 Å².